The molecule has 0 aliphatic rings. The fourth-order valence-corrected chi connectivity index (χ4v) is 1.88. The molecule has 0 heterocycles. The molecule has 0 radical (unpaired) electrons. The smallest absolute Gasteiger partial charge is 0.252 e. The molecule has 0 spiro atoms. The largest absolute Gasteiger partial charge is 0.409 e. The average molecular weight is 321 g/mol. The summed E-state index contributed by atoms with van der Waals surface area (Å²) in [6, 6.07) is 4.98. The number of oxime groups is 1. The van der Waals surface area contributed by atoms with Crippen LogP contribution in [0.5, 0.6) is 0 Å². The number of nitrogens with one attached hydrogen (secondary N) is 1. The van der Waals surface area contributed by atoms with E-state index >= 15 is 0 Å². The van der Waals surface area contributed by atoms with E-state index in [2.05, 4.69) is 26.4 Å². The maximum atomic E-state index is 11.7. The standard InChI is InChI=1S/C10H11BrClN3O2/c11-6-1-2-7(8(12)5-6)10(16)14-4-3-9(13)15-17/h1-2,5,17H,3-4H2,(H2,13,15)(H,14,16). The number of carbonyl (C=O) groups is 1. The normalized spacial score (nSPS) is 11.3. The van der Waals surface area contributed by atoms with E-state index in [0.29, 0.717) is 10.6 Å². The molecule has 1 amide bonds. The molecule has 7 heteroatoms. The first kappa shape index (κ1) is 13.8. The van der Waals surface area contributed by atoms with Crippen molar-refractivity contribution in [3.63, 3.8) is 0 Å². The summed E-state index contributed by atoms with van der Waals surface area (Å²) in [6.07, 6.45) is 0.274. The number of rotatable bonds is 4. The van der Waals surface area contributed by atoms with Crippen molar-refractivity contribution in [2.45, 2.75) is 6.42 Å². The van der Waals surface area contributed by atoms with E-state index in [1.807, 2.05) is 0 Å². The van der Waals surface area contributed by atoms with Gasteiger partial charge in [0.1, 0.15) is 5.84 Å². The molecular formula is C10H11BrClN3O2. The zero-order valence-electron chi connectivity index (χ0n) is 8.78. The third-order valence-electron chi connectivity index (χ3n) is 1.97. The van der Waals surface area contributed by atoms with Crippen LogP contribution in [-0.4, -0.2) is 23.5 Å². The lowest BCUT2D eigenvalue weighted by Gasteiger charge is -2.06. The van der Waals surface area contributed by atoms with Gasteiger partial charge in [0.2, 0.25) is 0 Å². The van der Waals surface area contributed by atoms with Crippen molar-refractivity contribution in [2.75, 3.05) is 6.54 Å². The first-order valence-electron chi connectivity index (χ1n) is 4.74. The summed E-state index contributed by atoms with van der Waals surface area (Å²) in [7, 11) is 0. The number of nitrogens with zero attached hydrogens (tertiary/aromatic N) is 1. The fourth-order valence-electron chi connectivity index (χ4n) is 1.12. The number of carbonyl (C=O) groups excluding carboxylic acids is 1. The summed E-state index contributed by atoms with van der Waals surface area (Å²) in [5.41, 5.74) is 5.65. The van der Waals surface area contributed by atoms with Gasteiger partial charge >= 0.3 is 0 Å². The van der Waals surface area contributed by atoms with E-state index in [-0.39, 0.29) is 24.7 Å². The molecule has 0 saturated carbocycles. The van der Waals surface area contributed by atoms with E-state index in [9.17, 15) is 4.79 Å². The number of benzene rings is 1. The molecule has 0 bridgehead atoms. The van der Waals surface area contributed by atoms with Crippen molar-refractivity contribution in [3.05, 3.63) is 33.3 Å². The topological polar surface area (TPSA) is 87.7 Å². The van der Waals surface area contributed by atoms with Crippen LogP contribution in [0.4, 0.5) is 0 Å². The molecule has 1 aromatic carbocycles. The highest BCUT2D eigenvalue weighted by atomic mass is 79.9. The molecule has 0 fully saturated rings. The van der Waals surface area contributed by atoms with E-state index in [4.69, 9.17) is 22.5 Å². The van der Waals surface area contributed by atoms with Crippen molar-refractivity contribution in [1.29, 1.82) is 0 Å². The Balaban J connectivity index is 2.58. The minimum Gasteiger partial charge on any atom is -0.409 e. The molecule has 0 aliphatic heterocycles. The Labute approximate surface area is 112 Å². The molecule has 0 saturated heterocycles. The quantitative estimate of drug-likeness (QED) is 0.343. The number of hydrogen-bond acceptors (Lipinski definition) is 3. The summed E-state index contributed by atoms with van der Waals surface area (Å²) < 4.78 is 0.802. The lowest BCUT2D eigenvalue weighted by molar-refractivity contribution is 0.0955. The summed E-state index contributed by atoms with van der Waals surface area (Å²) in [4.78, 5) is 11.7. The van der Waals surface area contributed by atoms with Gasteiger partial charge in [0.05, 0.1) is 10.6 Å². The summed E-state index contributed by atoms with van der Waals surface area (Å²) >= 11 is 9.16. The summed E-state index contributed by atoms with van der Waals surface area (Å²) in [5, 5.41) is 14.1. The average Bonchev–Trinajstić information content (AvgIpc) is 2.28. The number of nitrogens with two attached hydrogens (primary N) is 1. The van der Waals surface area contributed by atoms with Gasteiger partial charge in [-0.15, -0.1) is 0 Å². The van der Waals surface area contributed by atoms with Gasteiger partial charge in [-0.3, -0.25) is 4.79 Å². The van der Waals surface area contributed by atoms with E-state index < -0.39 is 0 Å². The van der Waals surface area contributed by atoms with Gasteiger partial charge in [-0.2, -0.15) is 0 Å². The predicted octanol–water partition coefficient (Wildman–Crippen LogP) is 1.97. The van der Waals surface area contributed by atoms with Crippen LogP contribution >= 0.6 is 27.5 Å². The minimum absolute atomic E-state index is 0.0622. The zero-order chi connectivity index (χ0) is 12.8. The molecule has 1 rings (SSSR count). The molecular weight excluding hydrogens is 309 g/mol. The molecule has 5 nitrogen and oxygen atoms in total. The van der Waals surface area contributed by atoms with Crippen molar-refractivity contribution < 1.29 is 10.0 Å². The minimum atomic E-state index is -0.298. The first-order valence-corrected chi connectivity index (χ1v) is 5.91. The van der Waals surface area contributed by atoms with Gasteiger partial charge in [0.15, 0.2) is 0 Å². The van der Waals surface area contributed by atoms with Gasteiger partial charge in [0.25, 0.3) is 5.91 Å². The molecule has 4 N–H and O–H groups in total. The fraction of sp³-hybridized carbons (Fsp3) is 0.200. The second-order valence-corrected chi connectivity index (χ2v) is 4.54. The van der Waals surface area contributed by atoms with Gasteiger partial charge in [0, 0.05) is 17.4 Å². The molecule has 92 valence electrons. The maximum Gasteiger partial charge on any atom is 0.252 e. The highest BCUT2D eigenvalue weighted by molar-refractivity contribution is 9.10. The van der Waals surface area contributed by atoms with Crippen molar-refractivity contribution in [1.82, 2.24) is 5.32 Å². The molecule has 0 atom stereocenters. The molecule has 17 heavy (non-hydrogen) atoms. The molecule has 0 aliphatic carbocycles. The Hall–Kier alpha value is -1.27. The lowest BCUT2D eigenvalue weighted by atomic mass is 10.2. The van der Waals surface area contributed by atoms with Crippen LogP contribution in [0.1, 0.15) is 16.8 Å². The second-order valence-electron chi connectivity index (χ2n) is 3.22. The van der Waals surface area contributed by atoms with E-state index in [1.54, 1.807) is 18.2 Å². The Morgan fingerprint density at radius 1 is 1.59 bits per heavy atom. The Bertz CT molecular complexity index is 451. The third-order valence-corrected chi connectivity index (χ3v) is 2.78. The Morgan fingerprint density at radius 3 is 2.88 bits per heavy atom. The molecule has 1 aromatic rings. The second kappa shape index (κ2) is 6.46. The first-order chi connectivity index (χ1) is 8.04. The van der Waals surface area contributed by atoms with Crippen molar-refractivity contribution >= 4 is 39.3 Å². The summed E-state index contributed by atoms with van der Waals surface area (Å²) in [5.74, 6) is -0.236. The summed E-state index contributed by atoms with van der Waals surface area (Å²) in [6.45, 7) is 0.279. The third kappa shape index (κ3) is 4.24. The van der Waals surface area contributed by atoms with Crippen LogP contribution in [-0.2, 0) is 0 Å². The van der Waals surface area contributed by atoms with E-state index in [0.717, 1.165) is 4.47 Å². The highest BCUT2D eigenvalue weighted by Gasteiger charge is 2.09. The number of amides is 1. The van der Waals surface area contributed by atoms with Gasteiger partial charge in [-0.25, -0.2) is 0 Å². The van der Waals surface area contributed by atoms with Crippen LogP contribution < -0.4 is 11.1 Å². The lowest BCUT2D eigenvalue weighted by Crippen LogP contribution is -2.28. The van der Waals surface area contributed by atoms with Crippen molar-refractivity contribution in [3.8, 4) is 0 Å². The monoisotopic (exact) mass is 319 g/mol. The van der Waals surface area contributed by atoms with Gasteiger partial charge < -0.3 is 16.3 Å². The van der Waals surface area contributed by atoms with Crippen molar-refractivity contribution in [2.24, 2.45) is 10.9 Å². The zero-order valence-corrected chi connectivity index (χ0v) is 11.1. The Kier molecular flexibility index (Phi) is 5.24. The Morgan fingerprint density at radius 2 is 2.29 bits per heavy atom. The SMILES string of the molecule is NC(CCNC(=O)c1ccc(Br)cc1Cl)=NO. The van der Waals surface area contributed by atoms with Gasteiger partial charge in [-0.05, 0) is 18.2 Å². The van der Waals surface area contributed by atoms with E-state index in [1.165, 1.54) is 0 Å². The van der Waals surface area contributed by atoms with Gasteiger partial charge in [-0.1, -0.05) is 32.7 Å². The highest BCUT2D eigenvalue weighted by Crippen LogP contribution is 2.21. The number of hydrogen-bond donors (Lipinski definition) is 3. The number of halogens is 2. The van der Waals surface area contributed by atoms with Crippen LogP contribution in [0.3, 0.4) is 0 Å². The van der Waals surface area contributed by atoms with Crippen LogP contribution in [0, 0.1) is 0 Å². The van der Waals surface area contributed by atoms with Crippen LogP contribution in [0.25, 0.3) is 0 Å². The maximum absolute atomic E-state index is 11.7. The number of amidine groups is 1. The van der Waals surface area contributed by atoms with Crippen LogP contribution in [0.2, 0.25) is 5.02 Å². The molecule has 0 aromatic heterocycles. The van der Waals surface area contributed by atoms with Crippen LogP contribution in [0.15, 0.2) is 27.8 Å². The molecule has 0 unspecified atom stereocenters. The predicted molar refractivity (Wildman–Crippen MR) is 69.5 cm³/mol.